The molecule has 4 aromatic carbocycles. The molecule has 1 saturated heterocycles. The van der Waals surface area contributed by atoms with Gasteiger partial charge >= 0.3 is 5.97 Å². The van der Waals surface area contributed by atoms with E-state index in [0.29, 0.717) is 43.1 Å². The molecule has 0 radical (unpaired) electrons. The third-order valence-electron chi connectivity index (χ3n) is 10.3. The number of nitrogens with two attached hydrogens (primary N) is 1. The summed E-state index contributed by atoms with van der Waals surface area (Å²) in [5, 5.41) is 16.5. The molecule has 6 aliphatic rings. The number of amides is 3. The molecule has 0 aromatic heterocycles. The molecule has 0 unspecified atom stereocenters. The highest BCUT2D eigenvalue weighted by molar-refractivity contribution is 5.95. The summed E-state index contributed by atoms with van der Waals surface area (Å²) in [6.07, 6.45) is 0.148. The minimum Gasteiger partial charge on any atom is -0.461 e. The maximum absolute atomic E-state index is 14.3. The van der Waals surface area contributed by atoms with Crippen molar-refractivity contribution in [2.45, 2.75) is 38.8 Å². The summed E-state index contributed by atoms with van der Waals surface area (Å²) in [6.45, 7) is 3.31. The molecule has 0 spiro atoms. The lowest BCUT2D eigenvalue weighted by atomic mass is 9.85. The number of fused-ring (bicyclic) bond motifs is 1. The zero-order chi connectivity index (χ0) is 40.1. The first-order valence-corrected chi connectivity index (χ1v) is 19.2. The van der Waals surface area contributed by atoms with E-state index < -0.39 is 17.8 Å². The second kappa shape index (κ2) is 19.6. The molecule has 6 bridgehead atoms. The molecule has 2 atom stereocenters. The van der Waals surface area contributed by atoms with E-state index in [1.807, 2.05) is 54.6 Å². The smallest absolute Gasteiger partial charge is 0.306 e. The molecule has 6 heterocycles. The van der Waals surface area contributed by atoms with E-state index in [0.717, 1.165) is 22.3 Å². The van der Waals surface area contributed by atoms with Gasteiger partial charge in [0.25, 0.3) is 0 Å². The summed E-state index contributed by atoms with van der Waals surface area (Å²) in [5.74, 6) is -3.04. The average Bonchev–Trinajstić information content (AvgIpc) is 3.21. The van der Waals surface area contributed by atoms with E-state index in [2.05, 4.69) is 25.8 Å². The number of ketones is 1. The van der Waals surface area contributed by atoms with Gasteiger partial charge in [-0.3, -0.25) is 39.2 Å². The van der Waals surface area contributed by atoms with Gasteiger partial charge in [-0.15, -0.1) is 0 Å². The van der Waals surface area contributed by atoms with Crippen LogP contribution in [-0.2, 0) is 54.7 Å². The standard InChI is InChI=1S/C44H49N7O6/c45-43(46)34-12-6-32(7-13-34)26-47-44(56)36-23-31-10-16-38(17-11-31)49-41(54)28-51-20-18-50(19-21-51)27-40(53)48-37-14-8-30(9-15-37)22-35(39(52)24-36)25-42(55)57-29-33-4-2-1-3-5-33/h1-17,35-36H,18-29H2,(H3,45,46)(H,47,56)(H,48,53)(H,49,54)/t35-,36+/m0/s1. The summed E-state index contributed by atoms with van der Waals surface area (Å²) < 4.78 is 5.60. The monoisotopic (exact) mass is 771 g/mol. The van der Waals surface area contributed by atoms with Crippen molar-refractivity contribution in [3.05, 3.63) is 131 Å². The van der Waals surface area contributed by atoms with Gasteiger partial charge in [-0.25, -0.2) is 0 Å². The molecule has 13 heteroatoms. The van der Waals surface area contributed by atoms with Crippen LogP contribution in [0.4, 0.5) is 11.4 Å². The van der Waals surface area contributed by atoms with Crippen molar-refractivity contribution in [2.24, 2.45) is 17.6 Å². The highest BCUT2D eigenvalue weighted by Crippen LogP contribution is 2.24. The number of ether oxygens (including phenoxy) is 1. The maximum atomic E-state index is 14.3. The Morgan fingerprint density at radius 1 is 0.702 bits per heavy atom. The van der Waals surface area contributed by atoms with Crippen molar-refractivity contribution in [3.8, 4) is 0 Å². The van der Waals surface area contributed by atoms with Gasteiger partial charge in [-0.1, -0.05) is 78.9 Å². The van der Waals surface area contributed by atoms with E-state index in [4.69, 9.17) is 15.9 Å². The SMILES string of the molecule is N=C(N)c1ccc(CNC(=O)[C@H]2CC(=O)[C@H](CC(=O)OCc3ccccc3)Cc3ccc(cc3)NC(=O)CN3CCN(CC3)CC(=O)Nc3ccc(cc3)C2)cc1. The van der Waals surface area contributed by atoms with Crippen LogP contribution in [-0.4, -0.2) is 84.4 Å². The number of nitrogens with one attached hydrogen (secondary N) is 4. The van der Waals surface area contributed by atoms with E-state index in [-0.39, 0.29) is 81.3 Å². The fourth-order valence-electron chi connectivity index (χ4n) is 7.03. The Morgan fingerprint density at radius 2 is 1.25 bits per heavy atom. The molecule has 0 aliphatic carbocycles. The molecule has 13 nitrogen and oxygen atoms in total. The van der Waals surface area contributed by atoms with Crippen LogP contribution in [0.3, 0.4) is 0 Å². The Balaban J connectivity index is 1.24. The van der Waals surface area contributed by atoms with Gasteiger partial charge in [0.05, 0.1) is 19.5 Å². The van der Waals surface area contributed by atoms with E-state index in [1.54, 1.807) is 48.5 Å². The number of rotatable bonds is 8. The minimum atomic E-state index is -0.787. The first-order chi connectivity index (χ1) is 27.6. The highest BCUT2D eigenvalue weighted by Gasteiger charge is 2.30. The summed E-state index contributed by atoms with van der Waals surface area (Å²) in [5.41, 5.74) is 10.6. The molecule has 296 valence electrons. The molecule has 6 aliphatic heterocycles. The number of anilines is 2. The number of Topliss-reactive ketones (excluding diaryl/α,β-unsaturated/α-hetero) is 1. The van der Waals surface area contributed by atoms with Gasteiger partial charge in [-0.2, -0.15) is 0 Å². The quantitative estimate of drug-likeness (QED) is 0.101. The predicted molar refractivity (Wildman–Crippen MR) is 217 cm³/mol. The molecule has 1 fully saturated rings. The number of nitrogens with zero attached hydrogens (tertiary/aromatic N) is 2. The van der Waals surface area contributed by atoms with Crippen LogP contribution in [0.5, 0.6) is 0 Å². The molecule has 4 aromatic rings. The number of hydrogen-bond donors (Lipinski definition) is 5. The third-order valence-corrected chi connectivity index (χ3v) is 10.3. The second-order valence-electron chi connectivity index (χ2n) is 14.7. The van der Waals surface area contributed by atoms with Crippen LogP contribution >= 0.6 is 0 Å². The van der Waals surface area contributed by atoms with Gasteiger partial charge in [0.1, 0.15) is 18.2 Å². The number of carbonyl (C=O) groups excluding carboxylic acids is 5. The molecular formula is C44H49N7O6. The Morgan fingerprint density at radius 3 is 1.79 bits per heavy atom. The van der Waals surface area contributed by atoms with Crippen molar-refractivity contribution in [1.29, 1.82) is 5.41 Å². The van der Waals surface area contributed by atoms with Crippen LogP contribution in [0, 0.1) is 17.2 Å². The van der Waals surface area contributed by atoms with E-state index in [9.17, 15) is 24.0 Å². The predicted octanol–water partition coefficient (Wildman–Crippen LogP) is 3.91. The Labute approximate surface area is 332 Å². The lowest BCUT2D eigenvalue weighted by Gasteiger charge is -2.33. The van der Waals surface area contributed by atoms with Gasteiger partial charge < -0.3 is 26.4 Å². The lowest BCUT2D eigenvalue weighted by molar-refractivity contribution is -0.148. The summed E-state index contributed by atoms with van der Waals surface area (Å²) in [7, 11) is 0. The van der Waals surface area contributed by atoms with Crippen molar-refractivity contribution in [1.82, 2.24) is 15.1 Å². The van der Waals surface area contributed by atoms with Crippen LogP contribution in [0.2, 0.25) is 0 Å². The Bertz CT molecular complexity index is 2030. The second-order valence-corrected chi connectivity index (χ2v) is 14.7. The Kier molecular flexibility index (Phi) is 13.9. The molecule has 10 rings (SSSR count). The zero-order valence-corrected chi connectivity index (χ0v) is 31.9. The van der Waals surface area contributed by atoms with Crippen LogP contribution in [0.1, 0.15) is 40.7 Å². The molecular weight excluding hydrogens is 723 g/mol. The molecule has 57 heavy (non-hydrogen) atoms. The van der Waals surface area contributed by atoms with Gasteiger partial charge in [0, 0.05) is 67.9 Å². The van der Waals surface area contributed by atoms with Gasteiger partial charge in [0.2, 0.25) is 17.7 Å². The van der Waals surface area contributed by atoms with Crippen LogP contribution in [0.25, 0.3) is 0 Å². The maximum Gasteiger partial charge on any atom is 0.306 e. The number of benzene rings is 4. The summed E-state index contributed by atoms with van der Waals surface area (Å²) >= 11 is 0. The number of piperazine rings is 1. The van der Waals surface area contributed by atoms with Crippen molar-refractivity contribution < 1.29 is 28.7 Å². The van der Waals surface area contributed by atoms with Gasteiger partial charge in [0.15, 0.2) is 0 Å². The third kappa shape index (κ3) is 12.4. The normalized spacial score (nSPS) is 20.5. The number of nitrogen functional groups attached to an aromatic ring is 1. The van der Waals surface area contributed by atoms with Crippen LogP contribution in [0.15, 0.2) is 103 Å². The van der Waals surface area contributed by atoms with Crippen molar-refractivity contribution >= 4 is 46.7 Å². The fourth-order valence-corrected chi connectivity index (χ4v) is 7.03. The number of carbonyl (C=O) groups is 5. The minimum absolute atomic E-state index is 0.0564. The Hall–Kier alpha value is -6.18. The number of hydrogen-bond acceptors (Lipinski definition) is 9. The fraction of sp³-hybridized carbons (Fsp3) is 0.318. The first kappa shape index (κ1) is 40.5. The number of esters is 1. The topological polar surface area (TPSA) is 187 Å². The largest absolute Gasteiger partial charge is 0.461 e. The van der Waals surface area contributed by atoms with E-state index in [1.165, 1.54) is 0 Å². The van der Waals surface area contributed by atoms with E-state index >= 15 is 0 Å². The summed E-state index contributed by atoms with van der Waals surface area (Å²) in [4.78, 5) is 71.5. The first-order valence-electron chi connectivity index (χ1n) is 19.2. The number of amidine groups is 1. The van der Waals surface area contributed by atoms with Crippen molar-refractivity contribution in [2.75, 3.05) is 49.9 Å². The van der Waals surface area contributed by atoms with Crippen LogP contribution < -0.4 is 21.7 Å². The summed E-state index contributed by atoms with van der Waals surface area (Å²) in [6, 6.07) is 30.7. The molecule has 3 amide bonds. The van der Waals surface area contributed by atoms with Gasteiger partial charge in [-0.05, 0) is 59.4 Å². The zero-order valence-electron chi connectivity index (χ0n) is 31.9. The average molecular weight is 772 g/mol. The molecule has 0 saturated carbocycles. The molecule has 6 N–H and O–H groups in total. The highest BCUT2D eigenvalue weighted by atomic mass is 16.5. The lowest BCUT2D eigenvalue weighted by Crippen LogP contribution is -2.50. The van der Waals surface area contributed by atoms with Crippen molar-refractivity contribution in [3.63, 3.8) is 0 Å².